The van der Waals surface area contributed by atoms with Gasteiger partial charge in [-0.1, -0.05) is 30.3 Å². The molecule has 0 nitrogen and oxygen atoms in total. The van der Waals surface area contributed by atoms with Crippen LogP contribution in [0.4, 0.5) is 0 Å². The third-order valence-corrected chi connectivity index (χ3v) is 9.34. The Bertz CT molecular complexity index is 308. The molecule has 0 radical (unpaired) electrons. The highest BCUT2D eigenvalue weighted by molar-refractivity contribution is 7.52. The molecule has 1 aromatic carbocycles. The van der Waals surface area contributed by atoms with Crippen LogP contribution in [0.1, 0.15) is 0 Å². The predicted molar refractivity (Wildman–Crippen MR) is 76.5 cm³/mol. The smallest absolute Gasteiger partial charge is 0.146 e. The van der Waals surface area contributed by atoms with E-state index in [1.54, 1.807) is 0 Å². The highest BCUT2D eigenvalue weighted by atomic mass is 35.7. The molecular formula is C9H12Cl4Si2. The van der Waals surface area contributed by atoms with Crippen LogP contribution in [0.5, 0.6) is 0 Å². The number of benzene rings is 1. The third kappa shape index (κ3) is 5.11. The van der Waals surface area contributed by atoms with Crippen LogP contribution < -0.4 is 5.19 Å². The summed E-state index contributed by atoms with van der Waals surface area (Å²) >= 11 is 24.8. The molecule has 0 spiro atoms. The molecule has 0 atom stereocenters. The fourth-order valence-electron chi connectivity index (χ4n) is 1.20. The molecule has 0 aliphatic rings. The van der Waals surface area contributed by atoms with Crippen LogP contribution >= 0.6 is 44.3 Å². The summed E-state index contributed by atoms with van der Waals surface area (Å²) in [6, 6.07) is 11.2. The lowest BCUT2D eigenvalue weighted by molar-refractivity contribution is 1.39. The Labute approximate surface area is 111 Å². The highest BCUT2D eigenvalue weighted by Crippen LogP contribution is 2.30. The molecule has 6 heteroatoms. The minimum absolute atomic E-state index is 0.718. The molecule has 84 valence electrons. The topological polar surface area (TPSA) is 0 Å². The van der Waals surface area contributed by atoms with Gasteiger partial charge in [-0.2, -0.15) is 0 Å². The van der Waals surface area contributed by atoms with Crippen molar-refractivity contribution in [2.45, 2.75) is 18.6 Å². The van der Waals surface area contributed by atoms with Gasteiger partial charge in [0.1, 0.15) is 0 Å². The maximum Gasteiger partial charge on any atom is 0.280 e. The Kier molecular flexibility index (Phi) is 5.02. The molecule has 0 heterocycles. The van der Waals surface area contributed by atoms with E-state index in [1.807, 2.05) is 36.9 Å². The van der Waals surface area contributed by atoms with E-state index in [0.29, 0.717) is 0 Å². The molecule has 0 bridgehead atoms. The van der Waals surface area contributed by atoms with Gasteiger partial charge in [-0.3, -0.25) is 0 Å². The van der Waals surface area contributed by atoms with Crippen molar-refractivity contribution in [3.8, 4) is 0 Å². The van der Waals surface area contributed by atoms with Gasteiger partial charge < -0.3 is 0 Å². The standard InChI is InChI=1S/C9H12Cl4Si2/c1-14(10,11)7-8-15(12,13)9-5-3-2-4-6-9/h2-6H,7-8H2,1H3. The van der Waals surface area contributed by atoms with E-state index >= 15 is 0 Å². The summed E-state index contributed by atoms with van der Waals surface area (Å²) in [5.41, 5.74) is 0. The molecule has 0 N–H and O–H groups in total. The van der Waals surface area contributed by atoms with Crippen molar-refractivity contribution in [3.05, 3.63) is 30.3 Å². The fraction of sp³-hybridized carbons (Fsp3) is 0.333. The summed E-state index contributed by atoms with van der Waals surface area (Å²) in [5, 5.41) is 1.03. The van der Waals surface area contributed by atoms with E-state index in [4.69, 9.17) is 44.3 Å². The van der Waals surface area contributed by atoms with E-state index in [9.17, 15) is 0 Å². The summed E-state index contributed by atoms with van der Waals surface area (Å²) in [7, 11) is 0. The maximum absolute atomic E-state index is 6.38. The Morgan fingerprint density at radius 3 is 1.93 bits per heavy atom. The minimum atomic E-state index is -2.38. The fourth-order valence-corrected chi connectivity index (χ4v) is 9.34. The van der Waals surface area contributed by atoms with Gasteiger partial charge in [0.2, 0.25) is 6.69 Å². The maximum atomic E-state index is 6.38. The van der Waals surface area contributed by atoms with Gasteiger partial charge in [0, 0.05) is 0 Å². The lowest BCUT2D eigenvalue weighted by atomic mass is 10.4. The van der Waals surface area contributed by atoms with Crippen molar-refractivity contribution in [2.75, 3.05) is 0 Å². The van der Waals surface area contributed by atoms with Crippen molar-refractivity contribution in [1.82, 2.24) is 0 Å². The van der Waals surface area contributed by atoms with Crippen molar-refractivity contribution >= 4 is 62.9 Å². The Morgan fingerprint density at radius 2 is 1.47 bits per heavy atom. The van der Waals surface area contributed by atoms with Crippen LogP contribution in [0.25, 0.3) is 0 Å². The molecule has 0 aromatic heterocycles. The average Bonchev–Trinajstić information content (AvgIpc) is 2.16. The molecule has 0 saturated heterocycles. The number of hydrogen-bond donors (Lipinski definition) is 0. The van der Waals surface area contributed by atoms with Gasteiger partial charge in [0.05, 0.1) is 0 Å². The number of rotatable bonds is 4. The van der Waals surface area contributed by atoms with Gasteiger partial charge in [0.25, 0.3) is 6.69 Å². The summed E-state index contributed by atoms with van der Waals surface area (Å²) in [5.74, 6) is 0. The van der Waals surface area contributed by atoms with Crippen molar-refractivity contribution in [2.24, 2.45) is 0 Å². The molecule has 0 fully saturated rings. The number of halogens is 4. The zero-order chi connectivity index (χ0) is 11.5. The SMILES string of the molecule is C[Si](Cl)(Cl)CC[Si](Cl)(Cl)c1ccccc1. The largest absolute Gasteiger partial charge is 0.280 e. The van der Waals surface area contributed by atoms with Crippen LogP contribution in [0.2, 0.25) is 18.6 Å². The predicted octanol–water partition coefficient (Wildman–Crippen LogP) is 4.36. The van der Waals surface area contributed by atoms with E-state index in [1.165, 1.54) is 0 Å². The minimum Gasteiger partial charge on any atom is -0.146 e. The number of hydrogen-bond acceptors (Lipinski definition) is 0. The van der Waals surface area contributed by atoms with E-state index in [2.05, 4.69) is 0 Å². The summed E-state index contributed by atoms with van der Waals surface area (Å²) in [6.07, 6.45) is 0. The van der Waals surface area contributed by atoms with Crippen molar-refractivity contribution < 1.29 is 0 Å². The molecule has 0 saturated carbocycles. The third-order valence-electron chi connectivity index (χ3n) is 2.07. The van der Waals surface area contributed by atoms with Crippen molar-refractivity contribution in [3.63, 3.8) is 0 Å². The van der Waals surface area contributed by atoms with E-state index in [0.717, 1.165) is 17.3 Å². The van der Waals surface area contributed by atoms with Gasteiger partial charge >= 0.3 is 0 Å². The molecule has 0 aliphatic heterocycles. The molecular weight excluding hydrogens is 306 g/mol. The van der Waals surface area contributed by atoms with Crippen LogP contribution in [-0.4, -0.2) is 13.4 Å². The van der Waals surface area contributed by atoms with Gasteiger partial charge in [-0.05, 0) is 23.8 Å². The van der Waals surface area contributed by atoms with Gasteiger partial charge in [-0.15, -0.1) is 44.3 Å². The lowest BCUT2D eigenvalue weighted by Gasteiger charge is -2.19. The van der Waals surface area contributed by atoms with E-state index in [-0.39, 0.29) is 0 Å². The van der Waals surface area contributed by atoms with Crippen LogP contribution in [0.15, 0.2) is 30.3 Å². The zero-order valence-corrected chi connectivity index (χ0v) is 13.3. The van der Waals surface area contributed by atoms with E-state index < -0.39 is 13.4 Å². The molecule has 0 amide bonds. The second kappa shape index (κ2) is 5.43. The molecule has 0 aliphatic carbocycles. The Hall–Kier alpha value is 0.814. The molecule has 1 rings (SSSR count). The summed E-state index contributed by atoms with van der Waals surface area (Å²) < 4.78 is 0. The van der Waals surface area contributed by atoms with Gasteiger partial charge in [0.15, 0.2) is 0 Å². The quantitative estimate of drug-likeness (QED) is 0.571. The molecule has 15 heavy (non-hydrogen) atoms. The Balaban J connectivity index is 2.68. The highest BCUT2D eigenvalue weighted by Gasteiger charge is 2.34. The summed E-state index contributed by atoms with van der Waals surface area (Å²) in [6.45, 7) is -2.58. The Morgan fingerprint density at radius 1 is 0.933 bits per heavy atom. The first kappa shape index (κ1) is 13.9. The van der Waals surface area contributed by atoms with Crippen molar-refractivity contribution in [1.29, 1.82) is 0 Å². The second-order valence-corrected chi connectivity index (χ2v) is 18.8. The monoisotopic (exact) mass is 316 g/mol. The first-order valence-electron chi connectivity index (χ1n) is 4.62. The lowest BCUT2D eigenvalue weighted by Crippen LogP contribution is -2.37. The average molecular weight is 318 g/mol. The van der Waals surface area contributed by atoms with Crippen LogP contribution in [0, 0.1) is 0 Å². The van der Waals surface area contributed by atoms with Gasteiger partial charge in [-0.25, -0.2) is 0 Å². The second-order valence-electron chi connectivity index (χ2n) is 3.64. The summed E-state index contributed by atoms with van der Waals surface area (Å²) in [4.78, 5) is 0. The molecule has 1 aromatic rings. The zero-order valence-electron chi connectivity index (χ0n) is 8.31. The normalized spacial score (nSPS) is 12.9. The van der Waals surface area contributed by atoms with Crippen LogP contribution in [-0.2, 0) is 0 Å². The first-order valence-corrected chi connectivity index (χ1v) is 13.6. The van der Waals surface area contributed by atoms with Crippen LogP contribution in [0.3, 0.4) is 0 Å². The first-order chi connectivity index (χ1) is 6.81. The molecule has 0 unspecified atom stereocenters.